The predicted octanol–water partition coefficient (Wildman–Crippen LogP) is 2.17. The van der Waals surface area contributed by atoms with Crippen molar-refractivity contribution < 1.29 is 4.74 Å². The first-order valence-corrected chi connectivity index (χ1v) is 6.55. The fourth-order valence-electron chi connectivity index (χ4n) is 2.33. The molecule has 0 amide bonds. The van der Waals surface area contributed by atoms with Crippen LogP contribution >= 0.6 is 0 Å². The number of likely N-dealkylation sites (N-methyl/N-ethyl adjacent to an activating group) is 1. The lowest BCUT2D eigenvalue weighted by Gasteiger charge is -2.17. The smallest absolute Gasteiger partial charge is 0.123 e. The molecule has 0 saturated carbocycles. The number of rotatable bonds is 4. The SMILES string of the molecule is CC(C)Oc1cc(N)cc(NC2CCN(C)C2)c1. The van der Waals surface area contributed by atoms with E-state index in [-0.39, 0.29) is 6.10 Å². The molecule has 4 heteroatoms. The molecular formula is C14H23N3O. The van der Waals surface area contributed by atoms with Crippen LogP contribution in [0, 0.1) is 0 Å². The minimum Gasteiger partial charge on any atom is -0.491 e. The number of nitrogens with one attached hydrogen (secondary N) is 1. The summed E-state index contributed by atoms with van der Waals surface area (Å²) in [4.78, 5) is 2.33. The molecule has 0 radical (unpaired) electrons. The Morgan fingerprint density at radius 2 is 2.17 bits per heavy atom. The Morgan fingerprint density at radius 1 is 1.39 bits per heavy atom. The first-order valence-electron chi connectivity index (χ1n) is 6.55. The van der Waals surface area contributed by atoms with Gasteiger partial charge in [-0.25, -0.2) is 0 Å². The van der Waals surface area contributed by atoms with Gasteiger partial charge in [-0.2, -0.15) is 0 Å². The normalized spacial score (nSPS) is 20.3. The maximum Gasteiger partial charge on any atom is 0.123 e. The summed E-state index contributed by atoms with van der Waals surface area (Å²) in [6.45, 7) is 6.26. The van der Waals surface area contributed by atoms with E-state index in [1.54, 1.807) is 0 Å². The van der Waals surface area contributed by atoms with E-state index in [0.29, 0.717) is 6.04 Å². The number of nitrogens with zero attached hydrogens (tertiary/aromatic N) is 1. The topological polar surface area (TPSA) is 50.5 Å². The Balaban J connectivity index is 2.05. The van der Waals surface area contributed by atoms with Crippen molar-refractivity contribution >= 4 is 11.4 Å². The zero-order chi connectivity index (χ0) is 13.1. The van der Waals surface area contributed by atoms with Crippen molar-refractivity contribution in [2.75, 3.05) is 31.2 Å². The molecule has 1 atom stereocenters. The van der Waals surface area contributed by atoms with Gasteiger partial charge in [-0.15, -0.1) is 0 Å². The maximum absolute atomic E-state index is 5.91. The number of nitrogen functional groups attached to an aromatic ring is 1. The van der Waals surface area contributed by atoms with Crippen molar-refractivity contribution in [2.24, 2.45) is 0 Å². The van der Waals surface area contributed by atoms with Gasteiger partial charge in [0.25, 0.3) is 0 Å². The van der Waals surface area contributed by atoms with Crippen LogP contribution in [0.5, 0.6) is 5.75 Å². The van der Waals surface area contributed by atoms with Crippen LogP contribution in [0.4, 0.5) is 11.4 Å². The molecule has 2 rings (SSSR count). The van der Waals surface area contributed by atoms with Crippen molar-refractivity contribution in [3.63, 3.8) is 0 Å². The van der Waals surface area contributed by atoms with Crippen LogP contribution in [0.15, 0.2) is 18.2 Å². The number of nitrogens with two attached hydrogens (primary N) is 1. The lowest BCUT2D eigenvalue weighted by Crippen LogP contribution is -2.23. The Kier molecular flexibility index (Phi) is 3.97. The molecule has 100 valence electrons. The summed E-state index contributed by atoms with van der Waals surface area (Å²) in [6, 6.07) is 6.36. The number of likely N-dealkylation sites (tertiary alicyclic amines) is 1. The van der Waals surface area contributed by atoms with Crippen LogP contribution < -0.4 is 15.8 Å². The van der Waals surface area contributed by atoms with Gasteiger partial charge in [0.15, 0.2) is 0 Å². The highest BCUT2D eigenvalue weighted by Crippen LogP contribution is 2.25. The predicted molar refractivity (Wildman–Crippen MR) is 76.1 cm³/mol. The van der Waals surface area contributed by atoms with Gasteiger partial charge in [-0.05, 0) is 39.9 Å². The standard InChI is InChI=1S/C14H23N3O/c1-10(2)18-14-7-11(15)6-13(8-14)16-12-4-5-17(3)9-12/h6-8,10,12,16H,4-5,9,15H2,1-3H3. The molecule has 1 aromatic rings. The van der Waals surface area contributed by atoms with Gasteiger partial charge in [-0.3, -0.25) is 0 Å². The monoisotopic (exact) mass is 249 g/mol. The molecule has 1 aliphatic rings. The molecular weight excluding hydrogens is 226 g/mol. The summed E-state index contributed by atoms with van der Waals surface area (Å²) >= 11 is 0. The molecule has 1 aromatic carbocycles. The van der Waals surface area contributed by atoms with Crippen LogP contribution in [-0.4, -0.2) is 37.2 Å². The van der Waals surface area contributed by atoms with Gasteiger partial charge in [0.1, 0.15) is 5.75 Å². The zero-order valence-corrected chi connectivity index (χ0v) is 11.4. The molecule has 3 N–H and O–H groups in total. The Labute approximate surface area is 109 Å². The van der Waals surface area contributed by atoms with E-state index in [4.69, 9.17) is 10.5 Å². The third-order valence-electron chi connectivity index (χ3n) is 3.06. The van der Waals surface area contributed by atoms with Crippen molar-refractivity contribution in [1.82, 2.24) is 4.90 Å². The average Bonchev–Trinajstić information content (AvgIpc) is 2.61. The van der Waals surface area contributed by atoms with Crippen LogP contribution in [-0.2, 0) is 0 Å². The van der Waals surface area contributed by atoms with Crippen molar-refractivity contribution in [3.05, 3.63) is 18.2 Å². The minimum absolute atomic E-state index is 0.164. The Morgan fingerprint density at radius 3 is 2.78 bits per heavy atom. The Hall–Kier alpha value is -1.42. The van der Waals surface area contributed by atoms with Crippen molar-refractivity contribution in [3.8, 4) is 5.75 Å². The molecule has 1 unspecified atom stereocenters. The molecule has 1 fully saturated rings. The quantitative estimate of drug-likeness (QED) is 0.803. The lowest BCUT2D eigenvalue weighted by atomic mass is 10.2. The highest BCUT2D eigenvalue weighted by molar-refractivity contribution is 5.59. The van der Waals surface area contributed by atoms with Crippen molar-refractivity contribution in [2.45, 2.75) is 32.4 Å². The number of hydrogen-bond acceptors (Lipinski definition) is 4. The molecule has 0 aromatic heterocycles. The first kappa shape index (κ1) is 13.0. The lowest BCUT2D eigenvalue weighted by molar-refractivity contribution is 0.242. The summed E-state index contributed by atoms with van der Waals surface area (Å²) < 4.78 is 5.69. The van der Waals surface area contributed by atoms with Gasteiger partial charge in [0.2, 0.25) is 0 Å². The molecule has 4 nitrogen and oxygen atoms in total. The van der Waals surface area contributed by atoms with E-state index >= 15 is 0 Å². The van der Waals surface area contributed by atoms with E-state index in [2.05, 4.69) is 17.3 Å². The molecule has 1 aliphatic heterocycles. The highest BCUT2D eigenvalue weighted by atomic mass is 16.5. The van der Waals surface area contributed by atoms with E-state index in [0.717, 1.165) is 30.2 Å². The van der Waals surface area contributed by atoms with E-state index in [9.17, 15) is 0 Å². The molecule has 0 bridgehead atoms. The maximum atomic E-state index is 5.91. The number of benzene rings is 1. The van der Waals surface area contributed by atoms with Gasteiger partial charge < -0.3 is 20.7 Å². The van der Waals surface area contributed by atoms with Gasteiger partial charge in [-0.1, -0.05) is 0 Å². The number of hydrogen-bond donors (Lipinski definition) is 2. The van der Waals surface area contributed by atoms with E-state index in [1.807, 2.05) is 32.0 Å². The molecule has 1 heterocycles. The summed E-state index contributed by atoms with van der Waals surface area (Å²) in [7, 11) is 2.15. The second-order valence-electron chi connectivity index (χ2n) is 5.35. The van der Waals surface area contributed by atoms with E-state index < -0.39 is 0 Å². The highest BCUT2D eigenvalue weighted by Gasteiger charge is 2.19. The fraction of sp³-hybridized carbons (Fsp3) is 0.571. The summed E-state index contributed by atoms with van der Waals surface area (Å²) in [5.74, 6) is 0.832. The average molecular weight is 249 g/mol. The second kappa shape index (κ2) is 5.48. The van der Waals surface area contributed by atoms with Gasteiger partial charge in [0.05, 0.1) is 6.10 Å². The fourth-order valence-corrected chi connectivity index (χ4v) is 2.33. The Bertz CT molecular complexity index is 406. The zero-order valence-electron chi connectivity index (χ0n) is 11.4. The van der Waals surface area contributed by atoms with Crippen molar-refractivity contribution in [1.29, 1.82) is 0 Å². The second-order valence-corrected chi connectivity index (χ2v) is 5.35. The van der Waals surface area contributed by atoms with Gasteiger partial charge >= 0.3 is 0 Å². The molecule has 0 spiro atoms. The third-order valence-corrected chi connectivity index (χ3v) is 3.06. The van der Waals surface area contributed by atoms with Crippen LogP contribution in [0.2, 0.25) is 0 Å². The van der Waals surface area contributed by atoms with Crippen LogP contribution in [0.1, 0.15) is 20.3 Å². The van der Waals surface area contributed by atoms with Crippen LogP contribution in [0.3, 0.4) is 0 Å². The number of ether oxygens (including phenoxy) is 1. The van der Waals surface area contributed by atoms with E-state index in [1.165, 1.54) is 6.42 Å². The summed E-state index contributed by atoms with van der Waals surface area (Å²) in [6.07, 6.45) is 1.34. The molecule has 0 aliphatic carbocycles. The van der Waals surface area contributed by atoms with Crippen LogP contribution in [0.25, 0.3) is 0 Å². The largest absolute Gasteiger partial charge is 0.491 e. The minimum atomic E-state index is 0.164. The summed E-state index contributed by atoms with van der Waals surface area (Å²) in [5.41, 5.74) is 7.69. The third kappa shape index (κ3) is 3.53. The number of anilines is 2. The molecule has 18 heavy (non-hydrogen) atoms. The summed E-state index contributed by atoms with van der Waals surface area (Å²) in [5, 5.41) is 3.52. The first-order chi connectivity index (χ1) is 8.52. The molecule has 1 saturated heterocycles. The van der Waals surface area contributed by atoms with Gasteiger partial charge in [0, 0.05) is 36.1 Å².